The van der Waals surface area contributed by atoms with E-state index in [1.807, 2.05) is 24.3 Å². The quantitative estimate of drug-likeness (QED) is 0.835. The largest absolute Gasteiger partial charge is 0.356 e. The van der Waals surface area contributed by atoms with Gasteiger partial charge in [-0.2, -0.15) is 0 Å². The zero-order valence-electron chi connectivity index (χ0n) is 14.4. The van der Waals surface area contributed by atoms with Crippen molar-refractivity contribution in [3.05, 3.63) is 29.8 Å². The van der Waals surface area contributed by atoms with E-state index in [2.05, 4.69) is 17.6 Å². The Morgan fingerprint density at radius 1 is 1.33 bits per heavy atom. The standard InChI is InChI=1S/C19H27N3O2/c1-2-14-3-5-17(6-4-14)22-13-16(11-18(22)23)19(24)21-10-8-15-7-9-20-12-15/h3-6,15-16,20H,2,7-13H2,1H3,(H,21,24). The van der Waals surface area contributed by atoms with Crippen molar-refractivity contribution < 1.29 is 9.59 Å². The summed E-state index contributed by atoms with van der Waals surface area (Å²) in [4.78, 5) is 26.3. The van der Waals surface area contributed by atoms with Gasteiger partial charge >= 0.3 is 0 Å². The fourth-order valence-corrected chi connectivity index (χ4v) is 3.55. The van der Waals surface area contributed by atoms with Gasteiger partial charge in [-0.3, -0.25) is 9.59 Å². The van der Waals surface area contributed by atoms with E-state index in [0.717, 1.165) is 31.6 Å². The Hall–Kier alpha value is -1.88. The van der Waals surface area contributed by atoms with Gasteiger partial charge < -0.3 is 15.5 Å². The number of anilines is 1. The molecule has 0 bridgehead atoms. The lowest BCUT2D eigenvalue weighted by Crippen LogP contribution is -2.34. The minimum atomic E-state index is -0.231. The van der Waals surface area contributed by atoms with E-state index in [4.69, 9.17) is 0 Å². The van der Waals surface area contributed by atoms with Crippen LogP contribution in [0.5, 0.6) is 0 Å². The van der Waals surface area contributed by atoms with Crippen LogP contribution in [0.15, 0.2) is 24.3 Å². The summed E-state index contributed by atoms with van der Waals surface area (Å²) in [5.74, 6) is 0.496. The molecule has 5 nitrogen and oxygen atoms in total. The molecule has 2 N–H and O–H groups in total. The summed E-state index contributed by atoms with van der Waals surface area (Å²) in [5.41, 5.74) is 2.14. The first-order valence-electron chi connectivity index (χ1n) is 9.05. The second-order valence-electron chi connectivity index (χ2n) is 6.86. The van der Waals surface area contributed by atoms with Crippen molar-refractivity contribution in [3.63, 3.8) is 0 Å². The smallest absolute Gasteiger partial charge is 0.227 e. The van der Waals surface area contributed by atoms with Gasteiger partial charge in [0, 0.05) is 25.2 Å². The molecule has 3 rings (SSSR count). The van der Waals surface area contributed by atoms with E-state index in [-0.39, 0.29) is 17.7 Å². The minimum absolute atomic E-state index is 0.0157. The molecule has 2 unspecified atom stereocenters. The summed E-state index contributed by atoms with van der Waals surface area (Å²) in [6.45, 7) is 5.45. The van der Waals surface area contributed by atoms with Crippen LogP contribution in [0, 0.1) is 11.8 Å². The van der Waals surface area contributed by atoms with E-state index in [0.29, 0.717) is 25.4 Å². The molecule has 2 heterocycles. The fraction of sp³-hybridized carbons (Fsp3) is 0.579. The molecule has 0 aromatic heterocycles. The SMILES string of the molecule is CCc1ccc(N2CC(C(=O)NCCC3CCNC3)CC2=O)cc1. The first-order valence-corrected chi connectivity index (χ1v) is 9.05. The van der Waals surface area contributed by atoms with E-state index in [9.17, 15) is 9.59 Å². The molecule has 2 saturated heterocycles. The average molecular weight is 329 g/mol. The number of carbonyl (C=O) groups is 2. The molecule has 0 spiro atoms. The molecule has 1 aromatic rings. The molecule has 2 aliphatic heterocycles. The molecular formula is C19H27N3O2. The van der Waals surface area contributed by atoms with Crippen LogP contribution in [0.3, 0.4) is 0 Å². The maximum atomic E-state index is 12.3. The summed E-state index contributed by atoms with van der Waals surface area (Å²) < 4.78 is 0. The van der Waals surface area contributed by atoms with Crippen LogP contribution in [-0.2, 0) is 16.0 Å². The molecule has 0 saturated carbocycles. The predicted molar refractivity (Wildman–Crippen MR) is 94.9 cm³/mol. The molecule has 0 radical (unpaired) electrons. The second kappa shape index (κ2) is 7.79. The number of nitrogens with one attached hydrogen (secondary N) is 2. The van der Waals surface area contributed by atoms with Gasteiger partial charge in [0.15, 0.2) is 0 Å². The van der Waals surface area contributed by atoms with Gasteiger partial charge in [0.2, 0.25) is 11.8 Å². The molecule has 2 fully saturated rings. The highest BCUT2D eigenvalue weighted by Gasteiger charge is 2.35. The Balaban J connectivity index is 1.50. The van der Waals surface area contributed by atoms with Crippen LogP contribution in [-0.4, -0.2) is 38.0 Å². The second-order valence-corrected chi connectivity index (χ2v) is 6.86. The van der Waals surface area contributed by atoms with Crippen LogP contribution in [0.1, 0.15) is 31.7 Å². The van der Waals surface area contributed by atoms with Crippen molar-refractivity contribution in [2.45, 2.75) is 32.6 Å². The Bertz CT molecular complexity index is 579. The van der Waals surface area contributed by atoms with Crippen LogP contribution in [0.2, 0.25) is 0 Å². The van der Waals surface area contributed by atoms with Gasteiger partial charge in [-0.25, -0.2) is 0 Å². The Kier molecular flexibility index (Phi) is 5.51. The number of nitrogens with zero attached hydrogens (tertiary/aromatic N) is 1. The third-order valence-corrected chi connectivity index (χ3v) is 5.17. The molecule has 24 heavy (non-hydrogen) atoms. The lowest BCUT2D eigenvalue weighted by Gasteiger charge is -2.17. The fourth-order valence-electron chi connectivity index (χ4n) is 3.55. The van der Waals surface area contributed by atoms with Crippen molar-refractivity contribution in [1.29, 1.82) is 0 Å². The third-order valence-electron chi connectivity index (χ3n) is 5.17. The number of carbonyl (C=O) groups excluding carboxylic acids is 2. The first kappa shape index (κ1) is 17.0. The molecule has 2 amide bonds. The number of hydrogen-bond donors (Lipinski definition) is 2. The van der Waals surface area contributed by atoms with E-state index in [1.54, 1.807) is 4.90 Å². The van der Waals surface area contributed by atoms with Gasteiger partial charge in [-0.15, -0.1) is 0 Å². The van der Waals surface area contributed by atoms with Gasteiger partial charge in [-0.1, -0.05) is 19.1 Å². The predicted octanol–water partition coefficient (Wildman–Crippen LogP) is 1.72. The van der Waals surface area contributed by atoms with Gasteiger partial charge in [-0.05, 0) is 56.0 Å². The number of amides is 2. The van der Waals surface area contributed by atoms with Crippen LogP contribution in [0.25, 0.3) is 0 Å². The number of rotatable bonds is 6. The first-order chi connectivity index (χ1) is 11.7. The van der Waals surface area contributed by atoms with Gasteiger partial charge in [0.25, 0.3) is 0 Å². The normalized spacial score (nSPS) is 23.7. The average Bonchev–Trinajstić information content (AvgIpc) is 3.24. The van der Waals surface area contributed by atoms with Crippen molar-refractivity contribution in [3.8, 4) is 0 Å². The van der Waals surface area contributed by atoms with Gasteiger partial charge in [0.05, 0.1) is 5.92 Å². The van der Waals surface area contributed by atoms with Gasteiger partial charge in [0.1, 0.15) is 0 Å². The summed E-state index contributed by atoms with van der Waals surface area (Å²) in [7, 11) is 0. The number of aryl methyl sites for hydroxylation is 1. The highest BCUT2D eigenvalue weighted by molar-refractivity contribution is 6.00. The minimum Gasteiger partial charge on any atom is -0.356 e. The summed E-state index contributed by atoms with van der Waals surface area (Å²) in [5, 5.41) is 6.36. The van der Waals surface area contributed by atoms with Crippen molar-refractivity contribution >= 4 is 17.5 Å². The molecule has 130 valence electrons. The van der Waals surface area contributed by atoms with E-state index in [1.165, 1.54) is 12.0 Å². The Morgan fingerprint density at radius 2 is 2.12 bits per heavy atom. The molecule has 2 aliphatic rings. The highest BCUT2D eigenvalue weighted by Crippen LogP contribution is 2.25. The molecular weight excluding hydrogens is 302 g/mol. The number of hydrogen-bond acceptors (Lipinski definition) is 3. The Morgan fingerprint density at radius 3 is 2.79 bits per heavy atom. The molecule has 1 aromatic carbocycles. The van der Waals surface area contributed by atoms with Crippen LogP contribution in [0.4, 0.5) is 5.69 Å². The zero-order chi connectivity index (χ0) is 16.9. The zero-order valence-corrected chi connectivity index (χ0v) is 14.4. The summed E-state index contributed by atoms with van der Waals surface area (Å²) in [6, 6.07) is 8.05. The topological polar surface area (TPSA) is 61.4 Å². The molecule has 2 atom stereocenters. The number of benzene rings is 1. The Labute approximate surface area is 143 Å². The molecule has 0 aliphatic carbocycles. The third kappa shape index (κ3) is 3.96. The monoisotopic (exact) mass is 329 g/mol. The van der Waals surface area contributed by atoms with E-state index >= 15 is 0 Å². The maximum absolute atomic E-state index is 12.3. The van der Waals surface area contributed by atoms with Crippen molar-refractivity contribution in [2.24, 2.45) is 11.8 Å². The summed E-state index contributed by atoms with van der Waals surface area (Å²) >= 11 is 0. The highest BCUT2D eigenvalue weighted by atomic mass is 16.2. The van der Waals surface area contributed by atoms with E-state index < -0.39 is 0 Å². The lowest BCUT2D eigenvalue weighted by molar-refractivity contribution is -0.126. The van der Waals surface area contributed by atoms with Crippen LogP contribution >= 0.6 is 0 Å². The van der Waals surface area contributed by atoms with Crippen LogP contribution < -0.4 is 15.5 Å². The molecule has 5 heteroatoms. The maximum Gasteiger partial charge on any atom is 0.227 e. The lowest BCUT2D eigenvalue weighted by atomic mass is 10.0. The summed E-state index contributed by atoms with van der Waals surface area (Å²) in [6.07, 6.45) is 3.50. The van der Waals surface area contributed by atoms with Crippen molar-refractivity contribution in [1.82, 2.24) is 10.6 Å². The van der Waals surface area contributed by atoms with Crippen molar-refractivity contribution in [2.75, 3.05) is 31.1 Å².